The lowest BCUT2D eigenvalue weighted by Gasteiger charge is -2.10. The van der Waals surface area contributed by atoms with Crippen molar-refractivity contribution in [2.75, 3.05) is 7.11 Å². The molecule has 0 aliphatic heterocycles. The summed E-state index contributed by atoms with van der Waals surface area (Å²) >= 11 is 0. The van der Waals surface area contributed by atoms with Crippen molar-refractivity contribution in [1.29, 1.82) is 0 Å². The zero-order valence-corrected chi connectivity index (χ0v) is 16.9. The minimum absolute atomic E-state index is 0.137. The topological polar surface area (TPSA) is 85.6 Å². The van der Waals surface area contributed by atoms with Crippen molar-refractivity contribution >= 4 is 22.9 Å². The van der Waals surface area contributed by atoms with Gasteiger partial charge in [0, 0.05) is 5.39 Å². The lowest BCUT2D eigenvalue weighted by Crippen LogP contribution is -2.29. The highest BCUT2D eigenvalue weighted by Gasteiger charge is 2.16. The zero-order chi connectivity index (χ0) is 21.6. The minimum atomic E-state index is -0.497. The number of hydrogen-bond donors (Lipinski definition) is 1. The molecule has 0 saturated heterocycles. The number of ether oxygens (including phenoxy) is 1. The zero-order valence-electron chi connectivity index (χ0n) is 16.9. The normalized spacial score (nSPS) is 11.0. The van der Waals surface area contributed by atoms with Gasteiger partial charge < -0.3 is 4.74 Å². The Morgan fingerprint density at radius 1 is 1.00 bits per heavy atom. The van der Waals surface area contributed by atoms with Crippen molar-refractivity contribution in [3.63, 3.8) is 0 Å². The number of carbonyl (C=O) groups is 1. The summed E-state index contributed by atoms with van der Waals surface area (Å²) in [4.78, 5) is 25.7. The molecule has 4 rings (SSSR count). The summed E-state index contributed by atoms with van der Waals surface area (Å²) in [5.41, 5.74) is 4.10. The molecule has 1 amide bonds. The number of fused-ring (bicyclic) bond motifs is 1. The number of benzene rings is 3. The van der Waals surface area contributed by atoms with Crippen LogP contribution in [0.5, 0.6) is 5.75 Å². The molecule has 4 aromatic rings. The van der Waals surface area contributed by atoms with Gasteiger partial charge in [0.2, 0.25) is 0 Å². The van der Waals surface area contributed by atoms with Crippen molar-refractivity contribution in [3.8, 4) is 5.75 Å². The molecule has 1 N–H and O–H groups in total. The van der Waals surface area contributed by atoms with Crippen molar-refractivity contribution in [3.05, 3.63) is 106 Å². The van der Waals surface area contributed by atoms with Crippen LogP contribution >= 0.6 is 0 Å². The second-order valence-electron chi connectivity index (χ2n) is 6.81. The average molecular weight is 412 g/mol. The van der Waals surface area contributed by atoms with E-state index >= 15 is 0 Å². The van der Waals surface area contributed by atoms with Crippen LogP contribution in [0.2, 0.25) is 0 Å². The van der Waals surface area contributed by atoms with E-state index in [2.05, 4.69) is 15.6 Å². The summed E-state index contributed by atoms with van der Waals surface area (Å²) in [6, 6.07) is 23.7. The molecule has 3 aromatic carbocycles. The van der Waals surface area contributed by atoms with E-state index in [-0.39, 0.29) is 17.8 Å². The highest BCUT2D eigenvalue weighted by molar-refractivity contribution is 6.04. The molecule has 0 fully saturated rings. The quantitative estimate of drug-likeness (QED) is 0.389. The van der Waals surface area contributed by atoms with Gasteiger partial charge in [-0.25, -0.2) is 10.1 Å². The summed E-state index contributed by atoms with van der Waals surface area (Å²) in [5.74, 6) is 0.236. The molecule has 0 aliphatic carbocycles. The van der Waals surface area contributed by atoms with E-state index in [1.54, 1.807) is 43.5 Å². The number of amides is 1. The number of hydrazone groups is 1. The van der Waals surface area contributed by atoms with Gasteiger partial charge in [0.15, 0.2) is 5.69 Å². The first-order valence-corrected chi connectivity index (χ1v) is 9.67. The fourth-order valence-electron chi connectivity index (χ4n) is 3.17. The van der Waals surface area contributed by atoms with Gasteiger partial charge in [0.1, 0.15) is 5.75 Å². The van der Waals surface area contributed by atoms with E-state index in [4.69, 9.17) is 4.74 Å². The Morgan fingerprint density at radius 2 is 1.68 bits per heavy atom. The Bertz CT molecular complexity index is 1300. The smallest absolute Gasteiger partial charge is 0.292 e. The van der Waals surface area contributed by atoms with Crippen LogP contribution in [0, 0.1) is 0 Å². The Morgan fingerprint density at radius 3 is 2.39 bits per heavy atom. The van der Waals surface area contributed by atoms with Crippen molar-refractivity contribution in [1.82, 2.24) is 15.2 Å². The van der Waals surface area contributed by atoms with Crippen LogP contribution in [0.25, 0.3) is 10.8 Å². The summed E-state index contributed by atoms with van der Waals surface area (Å²) in [5, 5.41) is 9.28. The third-order valence-electron chi connectivity index (χ3n) is 4.75. The minimum Gasteiger partial charge on any atom is -0.497 e. The van der Waals surface area contributed by atoms with Crippen LogP contribution in [0.15, 0.2) is 88.8 Å². The molecule has 1 heterocycles. The number of hydrogen-bond acceptors (Lipinski definition) is 5. The third-order valence-corrected chi connectivity index (χ3v) is 4.75. The van der Waals surface area contributed by atoms with Gasteiger partial charge in [0.05, 0.1) is 25.3 Å². The van der Waals surface area contributed by atoms with E-state index in [0.717, 1.165) is 16.9 Å². The molecule has 7 nitrogen and oxygen atoms in total. The van der Waals surface area contributed by atoms with Gasteiger partial charge in [0.25, 0.3) is 11.5 Å². The van der Waals surface area contributed by atoms with Crippen LogP contribution in [0.1, 0.15) is 21.6 Å². The maximum atomic E-state index is 12.9. The van der Waals surface area contributed by atoms with E-state index in [1.165, 1.54) is 10.9 Å². The summed E-state index contributed by atoms with van der Waals surface area (Å²) < 4.78 is 6.43. The van der Waals surface area contributed by atoms with Crippen molar-refractivity contribution < 1.29 is 9.53 Å². The van der Waals surface area contributed by atoms with Crippen LogP contribution in [0.4, 0.5) is 0 Å². The van der Waals surface area contributed by atoms with Gasteiger partial charge in [-0.2, -0.15) is 10.2 Å². The molecule has 0 bridgehead atoms. The average Bonchev–Trinajstić information content (AvgIpc) is 2.82. The second-order valence-corrected chi connectivity index (χ2v) is 6.81. The van der Waals surface area contributed by atoms with Crippen molar-refractivity contribution in [2.24, 2.45) is 5.10 Å². The van der Waals surface area contributed by atoms with Crippen LogP contribution < -0.4 is 15.7 Å². The number of aromatic nitrogens is 2. The summed E-state index contributed by atoms with van der Waals surface area (Å²) in [6.07, 6.45) is 1.53. The number of rotatable bonds is 6. The summed E-state index contributed by atoms with van der Waals surface area (Å²) in [7, 11) is 1.60. The fraction of sp³-hybridized carbons (Fsp3) is 0.0833. The Labute approximate surface area is 178 Å². The molecule has 0 aliphatic rings. The fourth-order valence-corrected chi connectivity index (χ4v) is 3.17. The molecule has 0 radical (unpaired) electrons. The largest absolute Gasteiger partial charge is 0.497 e. The first-order chi connectivity index (χ1) is 15.2. The highest BCUT2D eigenvalue weighted by atomic mass is 16.5. The highest BCUT2D eigenvalue weighted by Crippen LogP contribution is 2.14. The molecule has 0 unspecified atom stereocenters. The molecular formula is C24H20N4O3. The van der Waals surface area contributed by atoms with Crippen LogP contribution in [0.3, 0.4) is 0 Å². The van der Waals surface area contributed by atoms with E-state index in [9.17, 15) is 9.59 Å². The number of methoxy groups -OCH3 is 1. The molecule has 0 saturated carbocycles. The summed E-state index contributed by atoms with van der Waals surface area (Å²) in [6.45, 7) is 0.264. The Balaban J connectivity index is 1.63. The van der Waals surface area contributed by atoms with Gasteiger partial charge in [-0.1, -0.05) is 48.5 Å². The molecule has 1 aromatic heterocycles. The first-order valence-electron chi connectivity index (χ1n) is 9.67. The van der Waals surface area contributed by atoms with E-state index in [1.807, 2.05) is 42.5 Å². The monoisotopic (exact) mass is 412 g/mol. The third kappa shape index (κ3) is 4.51. The van der Waals surface area contributed by atoms with Crippen molar-refractivity contribution in [2.45, 2.75) is 6.54 Å². The second kappa shape index (κ2) is 9.04. The van der Waals surface area contributed by atoms with Crippen LogP contribution in [-0.4, -0.2) is 29.0 Å². The van der Waals surface area contributed by atoms with Gasteiger partial charge in [-0.05, 0) is 41.5 Å². The Kier molecular flexibility index (Phi) is 5.84. The lowest BCUT2D eigenvalue weighted by molar-refractivity contribution is 0.0949. The van der Waals surface area contributed by atoms with E-state index < -0.39 is 5.91 Å². The Hall–Kier alpha value is -4.26. The molecular weight excluding hydrogens is 392 g/mol. The lowest BCUT2D eigenvalue weighted by atomic mass is 10.1. The molecule has 0 atom stereocenters. The predicted octanol–water partition coefficient (Wildman–Crippen LogP) is 3.22. The first kappa shape index (κ1) is 20.0. The maximum Gasteiger partial charge on any atom is 0.292 e. The number of carbonyl (C=O) groups excluding carboxylic acids is 1. The number of nitrogens with zero attached hydrogens (tertiary/aromatic N) is 3. The maximum absolute atomic E-state index is 12.9. The predicted molar refractivity (Wildman–Crippen MR) is 120 cm³/mol. The van der Waals surface area contributed by atoms with Crippen LogP contribution in [-0.2, 0) is 6.54 Å². The molecule has 7 heteroatoms. The van der Waals surface area contributed by atoms with E-state index in [0.29, 0.717) is 10.8 Å². The van der Waals surface area contributed by atoms with Gasteiger partial charge in [-0.15, -0.1) is 0 Å². The van der Waals surface area contributed by atoms with Gasteiger partial charge >= 0.3 is 0 Å². The molecule has 154 valence electrons. The molecule has 31 heavy (non-hydrogen) atoms. The standard InChI is InChI=1S/C24H20N4O3/c1-31-19-13-11-17(12-14-19)15-25-26-23(29)22-20-9-5-6-10-21(20)24(30)28(27-22)16-18-7-3-2-4-8-18/h2-15H,16H2,1H3,(H,26,29)/b25-15-. The van der Waals surface area contributed by atoms with Gasteiger partial charge in [-0.3, -0.25) is 9.59 Å². The SMILES string of the molecule is COc1ccc(/C=N\NC(=O)c2nn(Cc3ccccc3)c(=O)c3ccccc23)cc1. The molecule has 0 spiro atoms. The number of nitrogens with one attached hydrogen (secondary N) is 1.